The van der Waals surface area contributed by atoms with Crippen LogP contribution in [0.5, 0.6) is 11.5 Å². The Hall–Kier alpha value is -2.63. The maximum atomic E-state index is 13.2. The van der Waals surface area contributed by atoms with Crippen molar-refractivity contribution in [2.45, 2.75) is 0 Å². The number of nitrogens with zero attached hydrogens (tertiary/aromatic N) is 1. The Morgan fingerprint density at radius 1 is 1.22 bits per heavy atom. The lowest BCUT2D eigenvalue weighted by molar-refractivity contribution is -0.384. The third-order valence-electron chi connectivity index (χ3n) is 2.22. The summed E-state index contributed by atoms with van der Waals surface area (Å²) in [4.78, 5) is 10.2. The maximum Gasteiger partial charge on any atom is 0.334 e. The number of para-hydroxylation sites is 1. The van der Waals surface area contributed by atoms with Gasteiger partial charge in [0.1, 0.15) is 17.3 Å². The van der Waals surface area contributed by atoms with E-state index in [1.807, 2.05) is 0 Å². The summed E-state index contributed by atoms with van der Waals surface area (Å²) >= 11 is 0. The molecule has 2 rings (SSSR count). The SMILES string of the molecule is Nc1cc(F)cc(Oc2ccccc2)c1[N+](=O)[O-]. The van der Waals surface area contributed by atoms with Crippen molar-refractivity contribution in [2.75, 3.05) is 5.73 Å². The molecule has 0 saturated carbocycles. The number of ether oxygens (including phenoxy) is 1. The van der Waals surface area contributed by atoms with Crippen molar-refractivity contribution in [3.8, 4) is 11.5 Å². The molecule has 0 aliphatic rings. The average molecular weight is 248 g/mol. The molecule has 0 unspecified atom stereocenters. The second kappa shape index (κ2) is 4.70. The minimum absolute atomic E-state index is 0.219. The number of nitro benzene ring substituents is 1. The first-order chi connectivity index (χ1) is 8.58. The minimum Gasteiger partial charge on any atom is -0.450 e. The number of nitrogens with two attached hydrogens (primary N) is 1. The van der Waals surface area contributed by atoms with Crippen LogP contribution in [0.1, 0.15) is 0 Å². The molecule has 0 atom stereocenters. The molecule has 0 radical (unpaired) electrons. The molecule has 5 nitrogen and oxygen atoms in total. The number of hydrogen-bond acceptors (Lipinski definition) is 4. The number of hydrogen-bond donors (Lipinski definition) is 1. The van der Waals surface area contributed by atoms with Gasteiger partial charge in [0.2, 0.25) is 5.75 Å². The third-order valence-corrected chi connectivity index (χ3v) is 2.22. The standard InChI is InChI=1S/C12H9FN2O3/c13-8-6-10(14)12(15(16)17)11(7-8)18-9-4-2-1-3-5-9/h1-7H,14H2. The lowest BCUT2D eigenvalue weighted by atomic mass is 10.2. The molecule has 0 spiro atoms. The van der Waals surface area contributed by atoms with E-state index in [0.717, 1.165) is 12.1 Å². The average Bonchev–Trinajstić information content (AvgIpc) is 2.28. The number of anilines is 1. The van der Waals surface area contributed by atoms with Gasteiger partial charge in [-0.2, -0.15) is 0 Å². The lowest BCUT2D eigenvalue weighted by Gasteiger charge is -2.07. The van der Waals surface area contributed by atoms with E-state index in [9.17, 15) is 14.5 Å². The number of nitro groups is 1. The smallest absolute Gasteiger partial charge is 0.334 e. The monoisotopic (exact) mass is 248 g/mol. The van der Waals surface area contributed by atoms with Gasteiger partial charge >= 0.3 is 5.69 Å². The molecule has 2 N–H and O–H groups in total. The molecule has 0 bridgehead atoms. The van der Waals surface area contributed by atoms with Gasteiger partial charge in [-0.3, -0.25) is 10.1 Å². The van der Waals surface area contributed by atoms with Gasteiger partial charge in [0, 0.05) is 12.1 Å². The third kappa shape index (κ3) is 2.37. The molecule has 0 amide bonds. The number of halogens is 1. The van der Waals surface area contributed by atoms with Crippen LogP contribution >= 0.6 is 0 Å². The largest absolute Gasteiger partial charge is 0.450 e. The molecule has 0 saturated heterocycles. The van der Waals surface area contributed by atoms with E-state index >= 15 is 0 Å². The van der Waals surface area contributed by atoms with Crippen molar-refractivity contribution in [1.82, 2.24) is 0 Å². The first kappa shape index (κ1) is 11.8. The van der Waals surface area contributed by atoms with E-state index in [1.54, 1.807) is 30.3 Å². The fraction of sp³-hybridized carbons (Fsp3) is 0. The summed E-state index contributed by atoms with van der Waals surface area (Å²) < 4.78 is 18.5. The van der Waals surface area contributed by atoms with E-state index < -0.39 is 16.4 Å². The van der Waals surface area contributed by atoms with Gasteiger partial charge in [-0.15, -0.1) is 0 Å². The Labute approximate surface area is 102 Å². The van der Waals surface area contributed by atoms with Crippen LogP contribution in [0.2, 0.25) is 0 Å². The molecule has 0 fully saturated rings. The van der Waals surface area contributed by atoms with E-state index in [4.69, 9.17) is 10.5 Å². The summed E-state index contributed by atoms with van der Waals surface area (Å²) in [7, 11) is 0. The summed E-state index contributed by atoms with van der Waals surface area (Å²) in [5.74, 6) is -0.543. The van der Waals surface area contributed by atoms with Crippen molar-refractivity contribution in [3.05, 3.63) is 58.4 Å². The van der Waals surface area contributed by atoms with E-state index in [2.05, 4.69) is 0 Å². The zero-order chi connectivity index (χ0) is 13.1. The highest BCUT2D eigenvalue weighted by Crippen LogP contribution is 2.36. The minimum atomic E-state index is -0.701. The van der Waals surface area contributed by atoms with Gasteiger partial charge in [-0.05, 0) is 12.1 Å². The molecule has 0 heterocycles. The molecular formula is C12H9FN2O3. The zero-order valence-electron chi connectivity index (χ0n) is 9.17. The number of rotatable bonds is 3. The molecule has 0 aliphatic carbocycles. The van der Waals surface area contributed by atoms with Crippen molar-refractivity contribution in [3.63, 3.8) is 0 Å². The molecule has 92 valence electrons. The van der Waals surface area contributed by atoms with Crippen LogP contribution in [0.15, 0.2) is 42.5 Å². The Morgan fingerprint density at radius 2 is 1.89 bits per heavy atom. The Bertz CT molecular complexity index is 587. The summed E-state index contributed by atoms with van der Waals surface area (Å²) in [6.07, 6.45) is 0. The van der Waals surface area contributed by atoms with Crippen LogP contribution in [0.3, 0.4) is 0 Å². The van der Waals surface area contributed by atoms with Crippen LogP contribution in [-0.4, -0.2) is 4.92 Å². The fourth-order valence-electron chi connectivity index (χ4n) is 1.48. The van der Waals surface area contributed by atoms with E-state index in [1.165, 1.54) is 0 Å². The molecule has 18 heavy (non-hydrogen) atoms. The van der Waals surface area contributed by atoms with Crippen molar-refractivity contribution in [1.29, 1.82) is 0 Å². The van der Waals surface area contributed by atoms with Gasteiger partial charge < -0.3 is 10.5 Å². The van der Waals surface area contributed by atoms with Crippen LogP contribution in [-0.2, 0) is 0 Å². The van der Waals surface area contributed by atoms with Crippen molar-refractivity contribution >= 4 is 11.4 Å². The van der Waals surface area contributed by atoms with Gasteiger partial charge in [-0.25, -0.2) is 4.39 Å². The second-order valence-electron chi connectivity index (χ2n) is 3.51. The number of nitrogen functional groups attached to an aromatic ring is 1. The molecule has 0 aromatic heterocycles. The van der Waals surface area contributed by atoms with Crippen LogP contribution in [0, 0.1) is 15.9 Å². The van der Waals surface area contributed by atoms with Gasteiger partial charge in [0.05, 0.1) is 4.92 Å². The highest BCUT2D eigenvalue weighted by Gasteiger charge is 2.21. The summed E-state index contributed by atoms with van der Waals surface area (Å²) in [5, 5.41) is 10.9. The number of benzene rings is 2. The summed E-state index contributed by atoms with van der Waals surface area (Å²) in [6, 6.07) is 10.2. The van der Waals surface area contributed by atoms with Crippen LogP contribution in [0.25, 0.3) is 0 Å². The molecular weight excluding hydrogens is 239 g/mol. The quantitative estimate of drug-likeness (QED) is 0.514. The predicted molar refractivity (Wildman–Crippen MR) is 64.0 cm³/mol. The highest BCUT2D eigenvalue weighted by molar-refractivity contribution is 5.66. The molecule has 2 aromatic rings. The summed E-state index contributed by atoms with van der Waals surface area (Å²) in [6.45, 7) is 0. The highest BCUT2D eigenvalue weighted by atomic mass is 19.1. The van der Waals surface area contributed by atoms with E-state index in [0.29, 0.717) is 5.75 Å². The Balaban J connectivity index is 2.46. The molecule has 0 aliphatic heterocycles. The first-order valence-electron chi connectivity index (χ1n) is 5.04. The van der Waals surface area contributed by atoms with Crippen molar-refractivity contribution in [2.24, 2.45) is 0 Å². The van der Waals surface area contributed by atoms with Gasteiger partial charge in [-0.1, -0.05) is 18.2 Å². The zero-order valence-corrected chi connectivity index (χ0v) is 9.17. The van der Waals surface area contributed by atoms with Crippen molar-refractivity contribution < 1.29 is 14.1 Å². The van der Waals surface area contributed by atoms with Crippen LogP contribution in [0.4, 0.5) is 15.8 Å². The lowest BCUT2D eigenvalue weighted by Crippen LogP contribution is -1.99. The second-order valence-corrected chi connectivity index (χ2v) is 3.51. The van der Waals surface area contributed by atoms with Gasteiger partial charge in [0.15, 0.2) is 0 Å². The maximum absolute atomic E-state index is 13.2. The predicted octanol–water partition coefficient (Wildman–Crippen LogP) is 3.11. The summed E-state index contributed by atoms with van der Waals surface area (Å²) in [5.41, 5.74) is 4.70. The normalized spacial score (nSPS) is 10.1. The Kier molecular flexibility index (Phi) is 3.09. The van der Waals surface area contributed by atoms with E-state index in [-0.39, 0.29) is 11.4 Å². The molecule has 2 aromatic carbocycles. The topological polar surface area (TPSA) is 78.4 Å². The Morgan fingerprint density at radius 3 is 2.50 bits per heavy atom. The molecule has 6 heteroatoms. The first-order valence-corrected chi connectivity index (χ1v) is 5.04. The van der Waals surface area contributed by atoms with Crippen LogP contribution < -0.4 is 10.5 Å². The van der Waals surface area contributed by atoms with Gasteiger partial charge in [0.25, 0.3) is 0 Å². The fourth-order valence-corrected chi connectivity index (χ4v) is 1.48.